The second kappa shape index (κ2) is 5.45. The minimum absolute atomic E-state index is 0.0962. The summed E-state index contributed by atoms with van der Waals surface area (Å²) in [5, 5.41) is 3.50. The van der Waals surface area contributed by atoms with Gasteiger partial charge >= 0.3 is 0 Å². The Morgan fingerprint density at radius 3 is 2.41 bits per heavy atom. The smallest absolute Gasteiger partial charge is 0.128 e. The van der Waals surface area contributed by atoms with Crippen molar-refractivity contribution in [3.63, 3.8) is 0 Å². The standard InChI is InChI=1S/C19H16N2O/c1-3-7-15(8-4-1)18-14-21-12-11-17(13-19(21)20-18)22-16-9-5-2-6-10-16/h1-14,19-20H. The van der Waals surface area contributed by atoms with E-state index in [-0.39, 0.29) is 6.17 Å². The van der Waals surface area contributed by atoms with Gasteiger partial charge in [0.05, 0.1) is 5.70 Å². The molecule has 0 saturated heterocycles. The Balaban J connectivity index is 1.51. The Labute approximate surface area is 129 Å². The fraction of sp³-hybridized carbons (Fsp3) is 0.0526. The van der Waals surface area contributed by atoms with Crippen LogP contribution in [0.25, 0.3) is 5.70 Å². The third kappa shape index (κ3) is 2.49. The van der Waals surface area contributed by atoms with Crippen molar-refractivity contribution >= 4 is 5.70 Å². The van der Waals surface area contributed by atoms with Crippen molar-refractivity contribution in [3.8, 4) is 5.75 Å². The second-order valence-electron chi connectivity index (χ2n) is 5.25. The summed E-state index contributed by atoms with van der Waals surface area (Å²) in [4.78, 5) is 2.14. The minimum atomic E-state index is 0.0962. The molecular weight excluding hydrogens is 272 g/mol. The lowest BCUT2D eigenvalue weighted by molar-refractivity contribution is 0.380. The Morgan fingerprint density at radius 1 is 0.909 bits per heavy atom. The maximum absolute atomic E-state index is 5.89. The average molecular weight is 288 g/mol. The van der Waals surface area contributed by atoms with Crippen LogP contribution < -0.4 is 10.1 Å². The number of rotatable bonds is 3. The number of nitrogens with one attached hydrogen (secondary N) is 1. The van der Waals surface area contributed by atoms with Crippen LogP contribution >= 0.6 is 0 Å². The van der Waals surface area contributed by atoms with E-state index in [1.54, 1.807) is 0 Å². The molecule has 0 aliphatic carbocycles. The summed E-state index contributed by atoms with van der Waals surface area (Å²) in [5.74, 6) is 1.70. The van der Waals surface area contributed by atoms with Crippen molar-refractivity contribution < 1.29 is 4.74 Å². The highest BCUT2D eigenvalue weighted by molar-refractivity contribution is 5.66. The van der Waals surface area contributed by atoms with Crippen LogP contribution in [0.3, 0.4) is 0 Å². The van der Waals surface area contributed by atoms with Gasteiger partial charge < -0.3 is 15.0 Å². The molecule has 2 aromatic rings. The predicted octanol–water partition coefficient (Wildman–Crippen LogP) is 3.71. The second-order valence-corrected chi connectivity index (χ2v) is 5.25. The zero-order valence-electron chi connectivity index (χ0n) is 12.0. The number of hydrogen-bond donors (Lipinski definition) is 1. The molecule has 0 amide bonds. The van der Waals surface area contributed by atoms with Crippen molar-refractivity contribution in [2.45, 2.75) is 6.17 Å². The van der Waals surface area contributed by atoms with E-state index in [1.165, 1.54) is 5.56 Å². The summed E-state index contributed by atoms with van der Waals surface area (Å²) < 4.78 is 5.89. The average Bonchev–Trinajstić information content (AvgIpc) is 3.00. The van der Waals surface area contributed by atoms with E-state index in [4.69, 9.17) is 4.74 Å². The zero-order valence-corrected chi connectivity index (χ0v) is 12.0. The molecule has 0 radical (unpaired) electrons. The van der Waals surface area contributed by atoms with Crippen LogP contribution in [-0.2, 0) is 0 Å². The third-order valence-electron chi connectivity index (χ3n) is 3.70. The van der Waals surface area contributed by atoms with E-state index in [9.17, 15) is 0 Å². The molecule has 2 heterocycles. The number of benzene rings is 2. The lowest BCUT2D eigenvalue weighted by Gasteiger charge is -2.23. The van der Waals surface area contributed by atoms with Crippen molar-refractivity contribution in [2.75, 3.05) is 0 Å². The zero-order chi connectivity index (χ0) is 14.8. The van der Waals surface area contributed by atoms with E-state index in [0.717, 1.165) is 17.2 Å². The van der Waals surface area contributed by atoms with Gasteiger partial charge in [-0.25, -0.2) is 0 Å². The van der Waals surface area contributed by atoms with E-state index < -0.39 is 0 Å². The highest BCUT2D eigenvalue weighted by atomic mass is 16.5. The Hall–Kier alpha value is -2.94. The van der Waals surface area contributed by atoms with Crippen LogP contribution in [0.4, 0.5) is 0 Å². The molecule has 0 aromatic heterocycles. The van der Waals surface area contributed by atoms with E-state index in [2.05, 4.69) is 34.6 Å². The first-order valence-corrected chi connectivity index (χ1v) is 7.33. The molecule has 0 bridgehead atoms. The Bertz CT molecular complexity index is 748. The largest absolute Gasteiger partial charge is 0.458 e. The first-order valence-electron chi connectivity index (χ1n) is 7.33. The molecular formula is C19H16N2O. The number of fused-ring (bicyclic) bond motifs is 1. The number of nitrogens with zero attached hydrogens (tertiary/aromatic N) is 1. The van der Waals surface area contributed by atoms with Crippen LogP contribution in [0.1, 0.15) is 5.56 Å². The first kappa shape index (κ1) is 12.8. The van der Waals surface area contributed by atoms with E-state index in [1.807, 2.05) is 60.8 Å². The topological polar surface area (TPSA) is 24.5 Å². The maximum Gasteiger partial charge on any atom is 0.128 e. The maximum atomic E-state index is 5.89. The van der Waals surface area contributed by atoms with Gasteiger partial charge in [0.15, 0.2) is 0 Å². The molecule has 3 heteroatoms. The lowest BCUT2D eigenvalue weighted by atomic mass is 10.2. The first-order chi connectivity index (χ1) is 10.9. The molecule has 3 nitrogen and oxygen atoms in total. The normalized spacial score (nSPS) is 19.1. The monoisotopic (exact) mass is 288 g/mol. The van der Waals surface area contributed by atoms with E-state index >= 15 is 0 Å². The molecule has 0 spiro atoms. The van der Waals surface area contributed by atoms with Crippen LogP contribution in [-0.4, -0.2) is 11.1 Å². The van der Waals surface area contributed by atoms with Crippen molar-refractivity contribution in [2.24, 2.45) is 0 Å². The molecule has 2 aromatic carbocycles. The van der Waals surface area contributed by atoms with Crippen LogP contribution in [0.2, 0.25) is 0 Å². The van der Waals surface area contributed by atoms with Gasteiger partial charge in [0.1, 0.15) is 17.7 Å². The molecule has 4 rings (SSSR count). The summed E-state index contributed by atoms with van der Waals surface area (Å²) in [7, 11) is 0. The Morgan fingerprint density at radius 2 is 1.64 bits per heavy atom. The van der Waals surface area contributed by atoms with Crippen molar-refractivity contribution in [1.29, 1.82) is 0 Å². The molecule has 1 N–H and O–H groups in total. The SMILES string of the molecule is C1=CN2C=C(c3ccccc3)NC2C=C1Oc1ccccc1. The van der Waals surface area contributed by atoms with Crippen LogP contribution in [0.5, 0.6) is 5.75 Å². The summed E-state index contributed by atoms with van der Waals surface area (Å²) in [6.07, 6.45) is 8.31. The molecule has 1 atom stereocenters. The van der Waals surface area contributed by atoms with Crippen molar-refractivity contribution in [3.05, 3.63) is 96.5 Å². The minimum Gasteiger partial charge on any atom is -0.458 e. The van der Waals surface area contributed by atoms with Crippen LogP contribution in [0.15, 0.2) is 91.0 Å². The van der Waals surface area contributed by atoms with Gasteiger partial charge in [-0.3, -0.25) is 0 Å². The van der Waals surface area contributed by atoms with Crippen LogP contribution in [0, 0.1) is 0 Å². The van der Waals surface area contributed by atoms with Gasteiger partial charge in [-0.05, 0) is 23.8 Å². The summed E-state index contributed by atoms with van der Waals surface area (Å²) in [6.45, 7) is 0. The number of ether oxygens (including phenoxy) is 1. The number of allylic oxidation sites excluding steroid dienone is 1. The lowest BCUT2D eigenvalue weighted by Crippen LogP contribution is -2.33. The molecule has 2 aliphatic rings. The van der Waals surface area contributed by atoms with Gasteiger partial charge in [0, 0.05) is 18.5 Å². The predicted molar refractivity (Wildman–Crippen MR) is 87.5 cm³/mol. The van der Waals surface area contributed by atoms with Gasteiger partial charge in [0.2, 0.25) is 0 Å². The molecule has 2 aliphatic heterocycles. The molecule has 0 saturated carbocycles. The highest BCUT2D eigenvalue weighted by Gasteiger charge is 2.24. The quantitative estimate of drug-likeness (QED) is 0.932. The van der Waals surface area contributed by atoms with Gasteiger partial charge in [-0.15, -0.1) is 0 Å². The van der Waals surface area contributed by atoms with E-state index in [0.29, 0.717) is 0 Å². The Kier molecular flexibility index (Phi) is 3.16. The molecule has 22 heavy (non-hydrogen) atoms. The summed E-state index contributed by atoms with van der Waals surface area (Å²) in [5.41, 5.74) is 2.30. The number of para-hydroxylation sites is 1. The fourth-order valence-electron chi connectivity index (χ4n) is 2.60. The van der Waals surface area contributed by atoms with Gasteiger partial charge in [0.25, 0.3) is 0 Å². The number of hydrogen-bond acceptors (Lipinski definition) is 3. The highest BCUT2D eigenvalue weighted by Crippen LogP contribution is 2.25. The molecule has 108 valence electrons. The van der Waals surface area contributed by atoms with Crippen molar-refractivity contribution in [1.82, 2.24) is 10.2 Å². The third-order valence-corrected chi connectivity index (χ3v) is 3.70. The summed E-state index contributed by atoms with van der Waals surface area (Å²) >= 11 is 0. The van der Waals surface area contributed by atoms with Gasteiger partial charge in [-0.2, -0.15) is 0 Å². The van der Waals surface area contributed by atoms with Gasteiger partial charge in [-0.1, -0.05) is 48.5 Å². The molecule has 0 fully saturated rings. The summed E-state index contributed by atoms with van der Waals surface area (Å²) in [6, 6.07) is 20.2. The fourth-order valence-corrected chi connectivity index (χ4v) is 2.60. The molecule has 1 unspecified atom stereocenters.